The molecule has 4 rings (SSSR count). The summed E-state index contributed by atoms with van der Waals surface area (Å²) in [6, 6.07) is 21.8. The van der Waals surface area contributed by atoms with Gasteiger partial charge in [-0.3, -0.25) is 0 Å². The Bertz CT molecular complexity index is 1020. The zero-order valence-electron chi connectivity index (χ0n) is 12.7. The molecule has 0 aliphatic rings. The number of hydrogen-bond acceptors (Lipinski definition) is 4. The van der Waals surface area contributed by atoms with Crippen LogP contribution in [0.25, 0.3) is 16.7 Å². The van der Waals surface area contributed by atoms with E-state index in [4.69, 9.17) is 0 Å². The molecule has 0 amide bonds. The first-order valence-corrected chi connectivity index (χ1v) is 7.57. The van der Waals surface area contributed by atoms with Gasteiger partial charge < -0.3 is 0 Å². The van der Waals surface area contributed by atoms with E-state index in [2.05, 4.69) is 21.1 Å². The SMILES string of the molecule is N#CC(c1ccccc1)c1ncnc2c1cnn2-c1ccccc1. The Morgan fingerprint density at radius 2 is 1.62 bits per heavy atom. The Labute approximate surface area is 138 Å². The second-order valence-electron chi connectivity index (χ2n) is 5.36. The van der Waals surface area contributed by atoms with Crippen LogP contribution in [0.1, 0.15) is 17.2 Å². The average Bonchev–Trinajstić information content (AvgIpc) is 3.09. The Kier molecular flexibility index (Phi) is 3.49. The summed E-state index contributed by atoms with van der Waals surface area (Å²) < 4.78 is 1.76. The Morgan fingerprint density at radius 3 is 2.33 bits per heavy atom. The molecule has 1 atom stereocenters. The van der Waals surface area contributed by atoms with Gasteiger partial charge in [0.2, 0.25) is 0 Å². The van der Waals surface area contributed by atoms with Crippen LogP contribution in [0.3, 0.4) is 0 Å². The van der Waals surface area contributed by atoms with Gasteiger partial charge in [0.05, 0.1) is 29.0 Å². The van der Waals surface area contributed by atoms with Gasteiger partial charge in [-0.05, 0) is 17.7 Å². The molecule has 2 heterocycles. The van der Waals surface area contributed by atoms with Crippen molar-refractivity contribution in [2.24, 2.45) is 0 Å². The fraction of sp³-hybridized carbons (Fsp3) is 0.0526. The highest BCUT2D eigenvalue weighted by Gasteiger charge is 2.20. The molecule has 2 aromatic carbocycles. The molecule has 0 radical (unpaired) electrons. The zero-order valence-corrected chi connectivity index (χ0v) is 12.7. The Hall–Kier alpha value is -3.52. The summed E-state index contributed by atoms with van der Waals surface area (Å²) in [5.41, 5.74) is 3.20. The smallest absolute Gasteiger partial charge is 0.166 e. The van der Waals surface area contributed by atoms with Crippen molar-refractivity contribution in [2.45, 2.75) is 5.92 Å². The van der Waals surface area contributed by atoms with Gasteiger partial charge in [0.15, 0.2) is 5.65 Å². The quantitative estimate of drug-likeness (QED) is 0.581. The van der Waals surface area contributed by atoms with Crippen LogP contribution < -0.4 is 0 Å². The predicted molar refractivity (Wildman–Crippen MR) is 90.6 cm³/mol. The van der Waals surface area contributed by atoms with Crippen LogP contribution in [0.2, 0.25) is 0 Å². The lowest BCUT2D eigenvalue weighted by Crippen LogP contribution is -2.03. The van der Waals surface area contributed by atoms with Gasteiger partial charge in [-0.2, -0.15) is 10.4 Å². The van der Waals surface area contributed by atoms with Gasteiger partial charge in [0, 0.05) is 0 Å². The molecule has 114 valence electrons. The molecule has 5 heteroatoms. The maximum Gasteiger partial charge on any atom is 0.166 e. The van der Waals surface area contributed by atoms with E-state index in [9.17, 15) is 5.26 Å². The zero-order chi connectivity index (χ0) is 16.4. The molecule has 0 bridgehead atoms. The fourth-order valence-corrected chi connectivity index (χ4v) is 2.79. The third-order valence-electron chi connectivity index (χ3n) is 3.93. The van der Waals surface area contributed by atoms with E-state index in [1.807, 2.05) is 60.7 Å². The number of nitriles is 1. The maximum absolute atomic E-state index is 9.68. The van der Waals surface area contributed by atoms with Crippen LogP contribution in [-0.4, -0.2) is 19.7 Å². The second kappa shape index (κ2) is 5.94. The largest absolute Gasteiger partial charge is 0.239 e. The van der Waals surface area contributed by atoms with E-state index in [-0.39, 0.29) is 0 Å². The van der Waals surface area contributed by atoms with Crippen LogP contribution in [0, 0.1) is 11.3 Å². The number of nitrogens with zero attached hydrogens (tertiary/aromatic N) is 5. The monoisotopic (exact) mass is 311 g/mol. The first kappa shape index (κ1) is 14.1. The number of rotatable bonds is 3. The standard InChI is InChI=1S/C19H13N5/c20-11-16(14-7-3-1-4-8-14)18-17-12-23-24(19(17)22-13-21-18)15-9-5-2-6-10-15/h1-10,12-13,16H. The molecular formula is C19H13N5. The molecule has 0 saturated carbocycles. The summed E-state index contributed by atoms with van der Waals surface area (Å²) in [5, 5.41) is 14.9. The van der Waals surface area contributed by atoms with Crippen molar-refractivity contribution >= 4 is 11.0 Å². The van der Waals surface area contributed by atoms with E-state index in [1.54, 1.807) is 10.9 Å². The maximum atomic E-state index is 9.68. The van der Waals surface area contributed by atoms with Gasteiger partial charge in [-0.15, -0.1) is 0 Å². The molecule has 0 aliphatic heterocycles. The summed E-state index contributed by atoms with van der Waals surface area (Å²) in [7, 11) is 0. The van der Waals surface area contributed by atoms with Crippen LogP contribution in [-0.2, 0) is 0 Å². The van der Waals surface area contributed by atoms with Crippen LogP contribution in [0.4, 0.5) is 0 Å². The minimum atomic E-state index is -0.454. The van der Waals surface area contributed by atoms with Gasteiger partial charge >= 0.3 is 0 Å². The molecule has 1 unspecified atom stereocenters. The third-order valence-corrected chi connectivity index (χ3v) is 3.93. The van der Waals surface area contributed by atoms with Crippen molar-refractivity contribution < 1.29 is 0 Å². The highest BCUT2D eigenvalue weighted by molar-refractivity contribution is 5.80. The lowest BCUT2D eigenvalue weighted by molar-refractivity contribution is 0.892. The van der Waals surface area contributed by atoms with Gasteiger partial charge in [0.25, 0.3) is 0 Å². The molecule has 0 saturated heterocycles. The normalized spacial score (nSPS) is 12.0. The van der Waals surface area contributed by atoms with E-state index < -0.39 is 5.92 Å². The summed E-state index contributed by atoms with van der Waals surface area (Å²) in [6.45, 7) is 0. The summed E-state index contributed by atoms with van der Waals surface area (Å²) in [5.74, 6) is -0.454. The molecule has 0 N–H and O–H groups in total. The van der Waals surface area contributed by atoms with Crippen LogP contribution >= 0.6 is 0 Å². The van der Waals surface area contributed by atoms with E-state index in [0.29, 0.717) is 11.3 Å². The lowest BCUT2D eigenvalue weighted by atomic mass is 9.95. The number of para-hydroxylation sites is 1. The summed E-state index contributed by atoms with van der Waals surface area (Å²) in [6.07, 6.45) is 3.22. The van der Waals surface area contributed by atoms with Gasteiger partial charge in [0.1, 0.15) is 12.2 Å². The molecule has 5 nitrogen and oxygen atoms in total. The number of benzene rings is 2. The van der Waals surface area contributed by atoms with Gasteiger partial charge in [-0.1, -0.05) is 48.5 Å². The van der Waals surface area contributed by atoms with E-state index in [0.717, 1.165) is 16.6 Å². The van der Waals surface area contributed by atoms with Crippen LogP contribution in [0.15, 0.2) is 73.2 Å². The Morgan fingerprint density at radius 1 is 0.917 bits per heavy atom. The van der Waals surface area contributed by atoms with Crippen molar-refractivity contribution in [3.05, 3.63) is 84.4 Å². The highest BCUT2D eigenvalue weighted by Crippen LogP contribution is 2.28. The first-order chi connectivity index (χ1) is 11.9. The fourth-order valence-electron chi connectivity index (χ4n) is 2.79. The highest BCUT2D eigenvalue weighted by atomic mass is 15.3. The molecule has 4 aromatic rings. The first-order valence-electron chi connectivity index (χ1n) is 7.57. The number of aromatic nitrogens is 4. The number of fused-ring (bicyclic) bond motifs is 1. The molecule has 0 aliphatic carbocycles. The minimum absolute atomic E-state index is 0.454. The lowest BCUT2D eigenvalue weighted by Gasteiger charge is -2.10. The molecule has 2 aromatic heterocycles. The van der Waals surface area contributed by atoms with Gasteiger partial charge in [-0.25, -0.2) is 14.6 Å². The topological polar surface area (TPSA) is 67.4 Å². The molecule has 24 heavy (non-hydrogen) atoms. The number of hydrogen-bond donors (Lipinski definition) is 0. The van der Waals surface area contributed by atoms with Crippen LogP contribution in [0.5, 0.6) is 0 Å². The van der Waals surface area contributed by atoms with E-state index in [1.165, 1.54) is 6.33 Å². The third kappa shape index (κ3) is 2.31. The summed E-state index contributed by atoms with van der Waals surface area (Å²) in [4.78, 5) is 8.74. The second-order valence-corrected chi connectivity index (χ2v) is 5.36. The molecule has 0 spiro atoms. The van der Waals surface area contributed by atoms with Crippen molar-refractivity contribution in [3.63, 3.8) is 0 Å². The van der Waals surface area contributed by atoms with E-state index >= 15 is 0 Å². The minimum Gasteiger partial charge on any atom is -0.239 e. The average molecular weight is 311 g/mol. The van der Waals surface area contributed by atoms with Crippen molar-refractivity contribution in [1.29, 1.82) is 5.26 Å². The van der Waals surface area contributed by atoms with Crippen molar-refractivity contribution in [1.82, 2.24) is 19.7 Å². The summed E-state index contributed by atoms with van der Waals surface area (Å²) >= 11 is 0. The molecular weight excluding hydrogens is 298 g/mol. The van der Waals surface area contributed by atoms with Crippen molar-refractivity contribution in [2.75, 3.05) is 0 Å². The van der Waals surface area contributed by atoms with Crippen molar-refractivity contribution in [3.8, 4) is 11.8 Å². The Balaban J connectivity index is 1.89. The molecule has 0 fully saturated rings. The predicted octanol–water partition coefficient (Wildman–Crippen LogP) is 3.47.